The molecule has 0 aromatic heterocycles. The summed E-state index contributed by atoms with van der Waals surface area (Å²) in [4.78, 5) is 13.7. The number of aliphatic hydroxyl groups excluding tert-OH is 1. The molecule has 2 atom stereocenters. The largest absolute Gasteiger partial charge is 0.481 e. The van der Waals surface area contributed by atoms with Crippen LogP contribution in [0, 0.1) is 5.41 Å². The molecule has 1 aliphatic heterocycles. The Labute approximate surface area is 174 Å². The summed E-state index contributed by atoms with van der Waals surface area (Å²) in [6.45, 7) is 7.18. The molecule has 2 N–H and O–H groups in total. The van der Waals surface area contributed by atoms with E-state index in [1.54, 1.807) is 13.8 Å². The maximum atomic E-state index is 11.3. The minimum absolute atomic E-state index is 0.212. The molecule has 5 heteroatoms. The number of carboxylic acid groups (broad SMARTS) is 1. The summed E-state index contributed by atoms with van der Waals surface area (Å²) >= 11 is 6.52. The minimum Gasteiger partial charge on any atom is -0.481 e. The molecule has 0 spiro atoms. The van der Waals surface area contributed by atoms with Crippen LogP contribution < -0.4 is 0 Å². The van der Waals surface area contributed by atoms with E-state index in [2.05, 4.69) is 11.0 Å². The molecule has 4 nitrogen and oxygen atoms in total. The summed E-state index contributed by atoms with van der Waals surface area (Å²) < 4.78 is 0. The summed E-state index contributed by atoms with van der Waals surface area (Å²) in [5.74, 6) is -0.729. The van der Waals surface area contributed by atoms with E-state index in [-0.39, 0.29) is 12.1 Å². The molecule has 0 amide bonds. The number of aliphatic carboxylic acids is 1. The third kappa shape index (κ3) is 6.07. The highest BCUT2D eigenvalue weighted by Gasteiger charge is 2.29. The zero-order valence-corrected chi connectivity index (χ0v) is 18.1. The van der Waals surface area contributed by atoms with E-state index in [1.165, 1.54) is 0 Å². The topological polar surface area (TPSA) is 60.8 Å². The maximum Gasteiger partial charge on any atom is 0.309 e. The zero-order valence-electron chi connectivity index (χ0n) is 17.3. The number of halogens is 1. The highest BCUT2D eigenvalue weighted by atomic mass is 35.5. The minimum atomic E-state index is -0.729. The molecule has 1 saturated heterocycles. The van der Waals surface area contributed by atoms with Crippen LogP contribution in [0.1, 0.15) is 70.9 Å². The number of unbranched alkanes of at least 4 members (excludes halogenated alkanes) is 2. The molecule has 1 heterocycles. The van der Waals surface area contributed by atoms with Crippen LogP contribution in [0.4, 0.5) is 0 Å². The van der Waals surface area contributed by atoms with E-state index in [4.69, 9.17) is 11.6 Å². The van der Waals surface area contributed by atoms with Gasteiger partial charge in [-0.05, 0) is 57.2 Å². The van der Waals surface area contributed by atoms with Crippen molar-refractivity contribution in [3.05, 3.63) is 46.5 Å². The van der Waals surface area contributed by atoms with Gasteiger partial charge in [-0.15, -0.1) is 0 Å². The predicted octanol–water partition coefficient (Wildman–Crippen LogP) is 5.46. The van der Waals surface area contributed by atoms with Gasteiger partial charge in [-0.2, -0.15) is 0 Å². The van der Waals surface area contributed by atoms with Crippen LogP contribution >= 0.6 is 11.6 Å². The van der Waals surface area contributed by atoms with Gasteiger partial charge in [0, 0.05) is 24.2 Å². The van der Waals surface area contributed by atoms with Crippen molar-refractivity contribution in [1.82, 2.24) is 4.90 Å². The molecule has 1 aromatic carbocycles. The number of hydrogen-bond donors (Lipinski definition) is 2. The molecule has 1 fully saturated rings. The Hall–Kier alpha value is -1.36. The van der Waals surface area contributed by atoms with E-state index in [9.17, 15) is 15.0 Å². The van der Waals surface area contributed by atoms with E-state index in [0.717, 1.165) is 61.4 Å². The molecule has 28 heavy (non-hydrogen) atoms. The first-order chi connectivity index (χ1) is 13.3. The highest BCUT2D eigenvalue weighted by molar-refractivity contribution is 6.31. The van der Waals surface area contributed by atoms with Crippen LogP contribution in [-0.4, -0.2) is 40.3 Å². The Balaban J connectivity index is 2.02. The average molecular weight is 408 g/mol. The lowest BCUT2D eigenvalue weighted by atomic mass is 9.86. The lowest BCUT2D eigenvalue weighted by molar-refractivity contribution is -0.147. The van der Waals surface area contributed by atoms with Gasteiger partial charge in [-0.1, -0.05) is 55.1 Å². The van der Waals surface area contributed by atoms with Crippen LogP contribution in [0.5, 0.6) is 0 Å². The van der Waals surface area contributed by atoms with Crippen molar-refractivity contribution in [2.75, 3.05) is 13.1 Å². The number of piperidine rings is 1. The number of rotatable bonds is 9. The van der Waals surface area contributed by atoms with Crippen molar-refractivity contribution in [3.8, 4) is 0 Å². The van der Waals surface area contributed by atoms with Crippen molar-refractivity contribution in [1.29, 1.82) is 0 Å². The van der Waals surface area contributed by atoms with Crippen molar-refractivity contribution >= 4 is 17.6 Å². The Kier molecular flexibility index (Phi) is 8.54. The van der Waals surface area contributed by atoms with Crippen LogP contribution in [0.2, 0.25) is 5.02 Å². The number of hydrogen-bond acceptors (Lipinski definition) is 3. The standard InChI is InChI=1S/C23H34ClNO3/c1-4-17-16-25(15-13-21(17)26)20(18-10-7-8-11-19(18)24)12-6-5-9-14-23(2,3)22(27)28/h4,7-8,10-11,20-21,26H,5-6,9,12-16H2,1-3H3,(H,27,28)/b17-4-. The van der Waals surface area contributed by atoms with Gasteiger partial charge in [-0.3, -0.25) is 9.69 Å². The molecule has 2 rings (SSSR count). The third-order valence-corrected chi connectivity index (χ3v) is 6.28. The number of carboxylic acids is 1. The molecule has 1 aromatic rings. The summed E-state index contributed by atoms with van der Waals surface area (Å²) in [7, 11) is 0. The van der Waals surface area contributed by atoms with Crippen molar-refractivity contribution < 1.29 is 15.0 Å². The SMILES string of the molecule is C/C=C1/CN(C(CCCCCC(C)(C)C(=O)O)c2ccccc2Cl)CCC1O. The maximum absolute atomic E-state index is 11.3. The average Bonchev–Trinajstić information content (AvgIpc) is 2.66. The van der Waals surface area contributed by atoms with Crippen molar-refractivity contribution in [3.63, 3.8) is 0 Å². The number of likely N-dealkylation sites (tertiary alicyclic amines) is 1. The summed E-state index contributed by atoms with van der Waals surface area (Å²) in [6.07, 6.45) is 7.03. The first-order valence-electron chi connectivity index (χ1n) is 10.3. The molecular weight excluding hydrogens is 374 g/mol. The highest BCUT2D eigenvalue weighted by Crippen LogP contribution is 2.35. The predicted molar refractivity (Wildman–Crippen MR) is 115 cm³/mol. The van der Waals surface area contributed by atoms with E-state index in [1.807, 2.05) is 31.2 Å². The molecule has 156 valence electrons. The Morgan fingerprint density at radius 3 is 2.68 bits per heavy atom. The van der Waals surface area contributed by atoms with E-state index >= 15 is 0 Å². The second kappa shape index (κ2) is 10.4. The summed E-state index contributed by atoms with van der Waals surface area (Å²) in [5, 5.41) is 20.2. The number of allylic oxidation sites excluding steroid dienone is 1. The van der Waals surface area contributed by atoms with Gasteiger partial charge in [0.1, 0.15) is 0 Å². The quantitative estimate of drug-likeness (QED) is 0.421. The lowest BCUT2D eigenvalue weighted by Gasteiger charge is -2.38. The van der Waals surface area contributed by atoms with Gasteiger partial charge < -0.3 is 10.2 Å². The lowest BCUT2D eigenvalue weighted by Crippen LogP contribution is -2.40. The molecule has 0 radical (unpaired) electrons. The molecule has 1 aliphatic rings. The van der Waals surface area contributed by atoms with Crippen LogP contribution in [0.25, 0.3) is 0 Å². The normalized spacial score (nSPS) is 21.0. The smallest absolute Gasteiger partial charge is 0.309 e. The molecule has 2 unspecified atom stereocenters. The van der Waals surface area contributed by atoms with Gasteiger partial charge in [0.2, 0.25) is 0 Å². The Morgan fingerprint density at radius 1 is 1.32 bits per heavy atom. The zero-order chi connectivity index (χ0) is 20.7. The van der Waals surface area contributed by atoms with Gasteiger partial charge in [-0.25, -0.2) is 0 Å². The van der Waals surface area contributed by atoms with Crippen molar-refractivity contribution in [2.45, 2.75) is 71.4 Å². The third-order valence-electron chi connectivity index (χ3n) is 5.94. The summed E-state index contributed by atoms with van der Waals surface area (Å²) in [6, 6.07) is 8.23. The second-order valence-electron chi connectivity index (χ2n) is 8.46. The van der Waals surface area contributed by atoms with Crippen LogP contribution in [-0.2, 0) is 4.79 Å². The molecular formula is C23H34ClNO3. The molecule has 0 aliphatic carbocycles. The first-order valence-corrected chi connectivity index (χ1v) is 10.7. The number of benzene rings is 1. The van der Waals surface area contributed by atoms with Gasteiger partial charge in [0.15, 0.2) is 0 Å². The van der Waals surface area contributed by atoms with Crippen LogP contribution in [0.15, 0.2) is 35.9 Å². The number of aliphatic hydroxyl groups is 1. The van der Waals surface area contributed by atoms with E-state index < -0.39 is 11.4 Å². The number of nitrogens with zero attached hydrogens (tertiary/aromatic N) is 1. The van der Waals surface area contributed by atoms with Gasteiger partial charge in [0.05, 0.1) is 11.5 Å². The number of carbonyl (C=O) groups is 1. The van der Waals surface area contributed by atoms with Gasteiger partial charge in [0.25, 0.3) is 0 Å². The Morgan fingerprint density at radius 2 is 2.04 bits per heavy atom. The first kappa shape index (κ1) is 22.9. The van der Waals surface area contributed by atoms with Crippen molar-refractivity contribution in [2.24, 2.45) is 5.41 Å². The fourth-order valence-electron chi connectivity index (χ4n) is 3.91. The van der Waals surface area contributed by atoms with Gasteiger partial charge >= 0.3 is 5.97 Å². The second-order valence-corrected chi connectivity index (χ2v) is 8.87. The molecule has 0 saturated carbocycles. The monoisotopic (exact) mass is 407 g/mol. The summed E-state index contributed by atoms with van der Waals surface area (Å²) in [5.41, 5.74) is 1.56. The van der Waals surface area contributed by atoms with Crippen LogP contribution in [0.3, 0.4) is 0 Å². The van der Waals surface area contributed by atoms with E-state index in [0.29, 0.717) is 6.42 Å². The molecule has 0 bridgehead atoms. The Bertz CT molecular complexity index is 686. The fourth-order valence-corrected chi connectivity index (χ4v) is 4.17. The fraction of sp³-hybridized carbons (Fsp3) is 0.609.